The first-order valence-corrected chi connectivity index (χ1v) is 5.23. The first kappa shape index (κ1) is 9.79. The van der Waals surface area contributed by atoms with Gasteiger partial charge in [-0.2, -0.15) is 0 Å². The lowest BCUT2D eigenvalue weighted by molar-refractivity contribution is 0.0968. The highest BCUT2D eigenvalue weighted by molar-refractivity contribution is 4.85. The van der Waals surface area contributed by atoms with Gasteiger partial charge in [0.1, 0.15) is 0 Å². The summed E-state index contributed by atoms with van der Waals surface area (Å²) in [6.45, 7) is 2.00. The van der Waals surface area contributed by atoms with Crippen LogP contribution >= 0.6 is 0 Å². The molecule has 0 aromatic heterocycles. The van der Waals surface area contributed by atoms with Crippen molar-refractivity contribution in [3.63, 3.8) is 0 Å². The molecule has 2 rings (SSSR count). The fourth-order valence-electron chi connectivity index (χ4n) is 1.45. The number of hydrogen-bond donors (Lipinski definition) is 0. The molecule has 1 fully saturated rings. The second-order valence-electron chi connectivity index (χ2n) is 3.43. The highest BCUT2D eigenvalue weighted by Crippen LogP contribution is 2.07. The quantitative estimate of drug-likeness (QED) is 0.504. The van der Waals surface area contributed by atoms with Crippen LogP contribution in [0.15, 0.2) is 12.2 Å². The van der Waals surface area contributed by atoms with Crippen molar-refractivity contribution in [2.45, 2.75) is 44.9 Å². The molecule has 1 aliphatic heterocycles. The van der Waals surface area contributed by atoms with Gasteiger partial charge in [0.05, 0.1) is 0 Å². The fraction of sp³-hybridized carbons (Fsp3) is 0.818. The van der Waals surface area contributed by atoms with Crippen LogP contribution in [0, 0.1) is 0 Å². The van der Waals surface area contributed by atoms with Crippen molar-refractivity contribution in [3.8, 4) is 0 Å². The Labute approximate surface area is 75.8 Å². The highest BCUT2D eigenvalue weighted by Gasteiger charge is 1.95. The van der Waals surface area contributed by atoms with Crippen molar-refractivity contribution in [2.24, 2.45) is 0 Å². The summed E-state index contributed by atoms with van der Waals surface area (Å²) in [5, 5.41) is 0. The molecule has 0 saturated carbocycles. The van der Waals surface area contributed by atoms with E-state index in [1.54, 1.807) is 0 Å². The van der Waals surface area contributed by atoms with Gasteiger partial charge in [0, 0.05) is 13.2 Å². The Balaban J connectivity index is 0.000000120. The van der Waals surface area contributed by atoms with E-state index in [1.807, 2.05) is 0 Å². The zero-order chi connectivity index (χ0) is 8.49. The number of rotatable bonds is 0. The van der Waals surface area contributed by atoms with Crippen LogP contribution in [0.4, 0.5) is 0 Å². The third kappa shape index (κ3) is 5.36. The average Bonchev–Trinajstić information content (AvgIpc) is 2.24. The molecule has 0 bridgehead atoms. The van der Waals surface area contributed by atoms with Crippen molar-refractivity contribution in [1.82, 2.24) is 0 Å². The molecular weight excluding hydrogens is 148 g/mol. The van der Waals surface area contributed by atoms with E-state index in [1.165, 1.54) is 44.9 Å². The van der Waals surface area contributed by atoms with E-state index >= 15 is 0 Å². The summed E-state index contributed by atoms with van der Waals surface area (Å²) in [5.74, 6) is 0. The summed E-state index contributed by atoms with van der Waals surface area (Å²) >= 11 is 0. The van der Waals surface area contributed by atoms with Crippen LogP contribution in [-0.2, 0) is 4.74 Å². The molecule has 1 heteroatoms. The van der Waals surface area contributed by atoms with Crippen LogP contribution in [0.25, 0.3) is 0 Å². The molecule has 0 aromatic rings. The minimum Gasteiger partial charge on any atom is -0.381 e. The van der Waals surface area contributed by atoms with Gasteiger partial charge in [0.2, 0.25) is 0 Å². The average molecular weight is 168 g/mol. The monoisotopic (exact) mass is 168 g/mol. The molecule has 1 nitrogen and oxygen atoms in total. The van der Waals surface area contributed by atoms with Crippen molar-refractivity contribution < 1.29 is 4.74 Å². The first-order chi connectivity index (χ1) is 6.00. The van der Waals surface area contributed by atoms with E-state index in [2.05, 4.69) is 12.2 Å². The van der Waals surface area contributed by atoms with Gasteiger partial charge in [-0.3, -0.25) is 0 Å². The van der Waals surface area contributed by atoms with Crippen molar-refractivity contribution >= 4 is 0 Å². The summed E-state index contributed by atoms with van der Waals surface area (Å²) in [6.07, 6.45) is 13.9. The van der Waals surface area contributed by atoms with E-state index in [0.717, 1.165) is 13.2 Å². The van der Waals surface area contributed by atoms with E-state index in [-0.39, 0.29) is 0 Å². The van der Waals surface area contributed by atoms with E-state index in [4.69, 9.17) is 4.74 Å². The second kappa shape index (κ2) is 7.35. The van der Waals surface area contributed by atoms with Crippen LogP contribution < -0.4 is 0 Å². The van der Waals surface area contributed by atoms with Gasteiger partial charge in [-0.1, -0.05) is 12.2 Å². The normalized spacial score (nSPS) is 22.7. The molecule has 0 atom stereocenters. The van der Waals surface area contributed by atoms with Crippen LogP contribution in [-0.4, -0.2) is 13.2 Å². The van der Waals surface area contributed by atoms with E-state index < -0.39 is 0 Å². The molecule has 2 aliphatic rings. The maximum atomic E-state index is 5.07. The van der Waals surface area contributed by atoms with Crippen molar-refractivity contribution in [3.05, 3.63) is 12.2 Å². The van der Waals surface area contributed by atoms with Gasteiger partial charge < -0.3 is 4.74 Å². The van der Waals surface area contributed by atoms with Gasteiger partial charge in [-0.05, 0) is 44.9 Å². The molecule has 0 unspecified atom stereocenters. The summed E-state index contributed by atoms with van der Waals surface area (Å²) in [7, 11) is 0. The zero-order valence-electron chi connectivity index (χ0n) is 7.93. The van der Waals surface area contributed by atoms with Gasteiger partial charge in [-0.15, -0.1) is 0 Å². The number of allylic oxidation sites excluding steroid dienone is 2. The Bertz CT molecular complexity index is 94.7. The lowest BCUT2D eigenvalue weighted by Gasteiger charge is -2.08. The van der Waals surface area contributed by atoms with Crippen molar-refractivity contribution in [1.29, 1.82) is 0 Å². The molecule has 0 N–H and O–H groups in total. The van der Waals surface area contributed by atoms with Gasteiger partial charge in [0.25, 0.3) is 0 Å². The molecule has 1 heterocycles. The fourth-order valence-corrected chi connectivity index (χ4v) is 1.45. The Morgan fingerprint density at radius 3 is 1.42 bits per heavy atom. The molecule has 12 heavy (non-hydrogen) atoms. The van der Waals surface area contributed by atoms with Crippen LogP contribution in [0.5, 0.6) is 0 Å². The van der Waals surface area contributed by atoms with E-state index in [9.17, 15) is 0 Å². The topological polar surface area (TPSA) is 9.23 Å². The van der Waals surface area contributed by atoms with Gasteiger partial charge in [-0.25, -0.2) is 0 Å². The molecular formula is C11H20O. The lowest BCUT2D eigenvalue weighted by atomic mass is 10.1. The Morgan fingerprint density at radius 2 is 1.25 bits per heavy atom. The number of ether oxygens (including phenoxy) is 1. The summed E-state index contributed by atoms with van der Waals surface area (Å²) in [5.41, 5.74) is 0. The predicted molar refractivity (Wildman–Crippen MR) is 52.3 cm³/mol. The van der Waals surface area contributed by atoms with E-state index in [0.29, 0.717) is 0 Å². The molecule has 1 saturated heterocycles. The Hall–Kier alpha value is -0.300. The van der Waals surface area contributed by atoms with Gasteiger partial charge >= 0.3 is 0 Å². The Kier molecular flexibility index (Phi) is 6.00. The molecule has 0 radical (unpaired) electrons. The largest absolute Gasteiger partial charge is 0.381 e. The standard InChI is InChI=1S/C6H10.C5H10O/c2*1-2-4-6-5-3-1/h1-2H,3-6H2;1-5H2. The van der Waals surface area contributed by atoms with Gasteiger partial charge in [0.15, 0.2) is 0 Å². The molecule has 0 aromatic carbocycles. The smallest absolute Gasteiger partial charge is 0.0466 e. The summed E-state index contributed by atoms with van der Waals surface area (Å²) in [4.78, 5) is 0. The van der Waals surface area contributed by atoms with Crippen LogP contribution in [0.1, 0.15) is 44.9 Å². The van der Waals surface area contributed by atoms with Crippen molar-refractivity contribution in [2.75, 3.05) is 13.2 Å². The Morgan fingerprint density at radius 1 is 0.667 bits per heavy atom. The first-order valence-electron chi connectivity index (χ1n) is 5.23. The third-order valence-corrected chi connectivity index (χ3v) is 2.24. The summed E-state index contributed by atoms with van der Waals surface area (Å²) < 4.78 is 5.07. The maximum absolute atomic E-state index is 5.07. The lowest BCUT2D eigenvalue weighted by Crippen LogP contribution is -2.03. The molecule has 1 aliphatic carbocycles. The minimum atomic E-state index is 1.00. The molecule has 0 spiro atoms. The molecule has 70 valence electrons. The zero-order valence-corrected chi connectivity index (χ0v) is 7.93. The summed E-state index contributed by atoms with van der Waals surface area (Å²) in [6, 6.07) is 0. The maximum Gasteiger partial charge on any atom is 0.0466 e. The van der Waals surface area contributed by atoms with Crippen LogP contribution in [0.3, 0.4) is 0 Å². The minimum absolute atomic E-state index is 1.00. The SMILES string of the molecule is C1=CCCCC1.C1CCOCC1. The van der Waals surface area contributed by atoms with Crippen LogP contribution in [0.2, 0.25) is 0 Å². The third-order valence-electron chi connectivity index (χ3n) is 2.24. The predicted octanol–water partition coefficient (Wildman–Crippen LogP) is 3.30. The second-order valence-corrected chi connectivity index (χ2v) is 3.43. The number of hydrogen-bond acceptors (Lipinski definition) is 1. The molecule has 0 amide bonds. The highest BCUT2D eigenvalue weighted by atomic mass is 16.5.